The summed E-state index contributed by atoms with van der Waals surface area (Å²) >= 11 is 6.85. The van der Waals surface area contributed by atoms with E-state index in [0.29, 0.717) is 61.6 Å². The number of nitrogens with zero attached hydrogens (tertiary/aromatic N) is 4. The molecule has 10 unspecified atom stereocenters. The van der Waals surface area contributed by atoms with Crippen LogP contribution in [0.5, 0.6) is 5.75 Å². The minimum atomic E-state index is -1.84. The molecule has 0 saturated carbocycles. The number of amides is 6. The maximum Gasteiger partial charge on any atom is 0.409 e. The largest absolute Gasteiger partial charge is 0.495 e. The predicted molar refractivity (Wildman–Crippen MR) is 376 cm³/mol. The van der Waals surface area contributed by atoms with Gasteiger partial charge in [0.25, 0.3) is 0 Å². The van der Waals surface area contributed by atoms with Crippen LogP contribution in [0.15, 0.2) is 90.5 Å². The number of nitrogens with two attached hydrogens (primary N) is 1. The van der Waals surface area contributed by atoms with Crippen LogP contribution < -0.4 is 47.4 Å². The van der Waals surface area contributed by atoms with Crippen LogP contribution in [-0.2, 0) is 83.3 Å². The normalized spacial score (nSPS) is 20.5. The molecule has 27 nitrogen and oxygen atoms in total. The Labute approximate surface area is 586 Å². The quantitative estimate of drug-likeness (QED) is 0.0118. The highest BCUT2D eigenvalue weighted by Gasteiger charge is 2.47. The van der Waals surface area contributed by atoms with Crippen molar-refractivity contribution in [1.29, 1.82) is 0 Å². The molecule has 1 saturated heterocycles. The molecule has 0 radical (unpaired) electrons. The molecular weight excluding hydrogens is 1300 g/mol. The fraction of sp³-hybridized carbons (Fsp3) is 0.563. The number of benzene rings is 3. The molecule has 2 aliphatic rings. The smallest absolute Gasteiger partial charge is 0.409 e. The van der Waals surface area contributed by atoms with Crippen LogP contribution in [-0.4, -0.2) is 197 Å². The van der Waals surface area contributed by atoms with Crippen molar-refractivity contribution in [3.63, 3.8) is 0 Å². The van der Waals surface area contributed by atoms with Crippen molar-refractivity contribution in [2.75, 3.05) is 92.1 Å². The lowest BCUT2D eigenvalue weighted by atomic mass is 9.83. The molecule has 4 bridgehead atoms. The van der Waals surface area contributed by atoms with E-state index < -0.39 is 96.1 Å². The summed E-state index contributed by atoms with van der Waals surface area (Å²) in [5.74, 6) is -3.75. The lowest BCUT2D eigenvalue weighted by Crippen LogP contribution is -2.63. The minimum Gasteiger partial charge on any atom is -0.495 e. The van der Waals surface area contributed by atoms with E-state index in [1.54, 1.807) is 69.4 Å². The molecule has 3 heterocycles. The number of esters is 1. The summed E-state index contributed by atoms with van der Waals surface area (Å²) in [7, 11) is 9.76. The van der Waals surface area contributed by atoms with E-state index in [1.165, 1.54) is 38.0 Å². The molecule has 2 aliphatic heterocycles. The zero-order chi connectivity index (χ0) is 72.5. The zero-order valence-corrected chi connectivity index (χ0v) is 60.0. The van der Waals surface area contributed by atoms with Gasteiger partial charge >= 0.3 is 12.1 Å². The molecule has 99 heavy (non-hydrogen) atoms. The van der Waals surface area contributed by atoms with Gasteiger partial charge in [0.15, 0.2) is 5.72 Å². The second-order valence-electron chi connectivity index (χ2n) is 25.8. The number of hydrogen-bond donors (Lipinski definition) is 9. The van der Waals surface area contributed by atoms with Crippen LogP contribution >= 0.6 is 11.6 Å². The Hall–Kier alpha value is -7.54. The highest BCUT2D eigenvalue weighted by atomic mass is 35.5. The first-order chi connectivity index (χ1) is 47.2. The SMILES string of the molecule is CNN(C)Cc1cc2ccccc2n1CCC(=O)NCCOCCOCCC(=O)NC(C(=O)NC(CCCN)C(=O)Nc1ccc(COC(O)N(C)C(C)C(=O)OC2CC(=O)N(C)c3cc(cc(OC)c3Cl)CC(C)=CC=CC(OC)C3(O)CC(OC(=O)N3)C(C)CC2C)cc1)C(C)C. The summed E-state index contributed by atoms with van der Waals surface area (Å²) in [5, 5.41) is 40.3. The fourth-order valence-corrected chi connectivity index (χ4v) is 12.0. The van der Waals surface area contributed by atoms with E-state index in [-0.39, 0.29) is 88.5 Å². The third-order valence-corrected chi connectivity index (χ3v) is 18.2. The lowest BCUT2D eigenvalue weighted by molar-refractivity contribution is -0.210. The van der Waals surface area contributed by atoms with Gasteiger partial charge in [0.2, 0.25) is 35.9 Å². The van der Waals surface area contributed by atoms with Crippen molar-refractivity contribution in [3.05, 3.63) is 112 Å². The third-order valence-electron chi connectivity index (χ3n) is 17.8. The van der Waals surface area contributed by atoms with Crippen molar-refractivity contribution >= 4 is 75.5 Å². The number of methoxy groups -OCH3 is 2. The molecule has 6 amide bonds. The van der Waals surface area contributed by atoms with Gasteiger partial charge in [0.05, 0.1) is 58.8 Å². The van der Waals surface area contributed by atoms with Crippen molar-refractivity contribution in [2.24, 2.45) is 23.5 Å². The number of para-hydroxylation sites is 1. The Morgan fingerprint density at radius 3 is 2.32 bits per heavy atom. The number of aliphatic hydroxyl groups excluding tert-OH is 1. The topological polar surface area (TPSA) is 337 Å². The van der Waals surface area contributed by atoms with E-state index in [4.69, 9.17) is 50.5 Å². The molecule has 3 aromatic carbocycles. The molecule has 0 aliphatic carbocycles. The van der Waals surface area contributed by atoms with Crippen LogP contribution in [0.4, 0.5) is 16.2 Å². The number of carbonyl (C=O) groups is 7. The highest BCUT2D eigenvalue weighted by Crippen LogP contribution is 2.38. The van der Waals surface area contributed by atoms with E-state index >= 15 is 0 Å². The molecule has 1 aromatic heterocycles. The molecule has 6 rings (SSSR count). The minimum absolute atomic E-state index is 0.0315. The number of aliphatic hydroxyl groups is 2. The maximum absolute atomic E-state index is 14.4. The Morgan fingerprint density at radius 2 is 1.64 bits per heavy atom. The Bertz CT molecular complexity index is 3390. The molecule has 0 spiro atoms. The van der Waals surface area contributed by atoms with Gasteiger partial charge in [-0.15, -0.1) is 0 Å². The van der Waals surface area contributed by atoms with Crippen molar-refractivity contribution in [3.8, 4) is 5.75 Å². The summed E-state index contributed by atoms with van der Waals surface area (Å²) in [6, 6.07) is 17.3. The molecule has 10 N–H and O–H groups in total. The second-order valence-corrected chi connectivity index (χ2v) is 26.2. The fourth-order valence-electron chi connectivity index (χ4n) is 11.7. The average molecular weight is 1400 g/mol. The van der Waals surface area contributed by atoms with Gasteiger partial charge in [-0.05, 0) is 131 Å². The second kappa shape index (κ2) is 39.5. The number of aromatic nitrogens is 1. The monoisotopic (exact) mass is 1400 g/mol. The number of likely N-dealkylation sites (N-methyl/N-ethyl adjacent to an activating group) is 1. The number of anilines is 2. The maximum atomic E-state index is 14.4. The number of hydrazine groups is 1. The van der Waals surface area contributed by atoms with Crippen LogP contribution in [0.3, 0.4) is 0 Å². The summed E-state index contributed by atoms with van der Waals surface area (Å²) < 4.78 is 42.5. The first-order valence-electron chi connectivity index (χ1n) is 33.7. The zero-order valence-electron chi connectivity index (χ0n) is 59.2. The standard InChI is InChI=1S/C71H104ClN11O16/c1-44(2)65(78-62(85)27-31-95-33-34-96-32-29-75-61(84)26-30-83-53(42-80(8)74-7)39-51-18-13-14-20-55(51)83)67(88)77-54(19-16-28-73)66(87)76-52-24-22-49(23-25-52)43-97-70(91)81(9)48(6)68(89)98-57-40-63(86)82(10)56-37-50(38-58(93-11)64(56)72)35-45(3)17-15-21-60(94-12)71(92)41-59(99-69(90)79-71)47(5)36-46(57)4/h13-15,17-18,20-25,37-39,44,46-48,54,57,59-60,65,70,74,91-92H,16,19,26-36,40-43,73H2,1-12H3,(H,75,84)(H,76,87)(H,77,88)(H,78,85)(H,79,90). The van der Waals surface area contributed by atoms with E-state index in [1.807, 2.05) is 58.1 Å². The van der Waals surface area contributed by atoms with Crippen molar-refractivity contribution in [2.45, 2.75) is 161 Å². The number of aryl methyl sites for hydroxylation is 1. The molecule has 10 atom stereocenters. The first-order valence-corrected chi connectivity index (χ1v) is 34.1. The van der Waals surface area contributed by atoms with Crippen molar-refractivity contribution < 1.29 is 76.9 Å². The van der Waals surface area contributed by atoms with Crippen LogP contribution in [0.2, 0.25) is 5.02 Å². The molecular formula is C71H104ClN11O16. The number of nitrogens with one attached hydrogen (secondary N) is 6. The Balaban J connectivity index is 0.965. The summed E-state index contributed by atoms with van der Waals surface area (Å²) in [6.45, 7) is 13.1. The number of carbonyl (C=O) groups excluding carboxylic acids is 7. The molecule has 546 valence electrons. The Morgan fingerprint density at radius 1 is 0.919 bits per heavy atom. The number of ether oxygens (including phenoxy) is 7. The van der Waals surface area contributed by atoms with E-state index in [2.05, 4.69) is 54.8 Å². The van der Waals surface area contributed by atoms with Gasteiger partial charge in [-0.25, -0.2) is 14.7 Å². The number of alkyl carbamates (subject to hydrolysis) is 1. The van der Waals surface area contributed by atoms with Crippen LogP contribution in [0.1, 0.15) is 103 Å². The molecule has 1 fully saturated rings. The summed E-state index contributed by atoms with van der Waals surface area (Å²) in [6.07, 6.45) is 1.18. The predicted octanol–water partition coefficient (Wildman–Crippen LogP) is 5.80. The average Bonchev–Trinajstić information content (AvgIpc) is 1.07. The van der Waals surface area contributed by atoms with Gasteiger partial charge in [-0.1, -0.05) is 93.4 Å². The van der Waals surface area contributed by atoms with Gasteiger partial charge < -0.3 is 79.8 Å². The van der Waals surface area contributed by atoms with Crippen LogP contribution in [0.25, 0.3) is 10.9 Å². The number of fused-ring (bicyclic) bond motifs is 5. The number of rotatable bonds is 33. The summed E-state index contributed by atoms with van der Waals surface area (Å²) in [4.78, 5) is 97.6. The Kier molecular flexibility index (Phi) is 32.1. The molecule has 28 heteroatoms. The highest BCUT2D eigenvalue weighted by molar-refractivity contribution is 6.35. The van der Waals surface area contributed by atoms with E-state index in [9.17, 15) is 43.8 Å². The van der Waals surface area contributed by atoms with Gasteiger partial charge in [-0.2, -0.15) is 0 Å². The van der Waals surface area contributed by atoms with Crippen molar-refractivity contribution in [1.82, 2.24) is 41.2 Å². The summed E-state index contributed by atoms with van der Waals surface area (Å²) in [5.41, 5.74) is 12.3. The van der Waals surface area contributed by atoms with Crippen LogP contribution in [0, 0.1) is 17.8 Å². The molecule has 4 aromatic rings. The first kappa shape index (κ1) is 80.4. The number of hydrogen-bond acceptors (Lipinski definition) is 20. The number of allylic oxidation sites excluding steroid dienone is 3. The van der Waals surface area contributed by atoms with Gasteiger partial charge in [-0.3, -0.25) is 39.5 Å². The van der Waals surface area contributed by atoms with E-state index in [0.717, 1.165) is 27.7 Å². The lowest BCUT2D eigenvalue weighted by Gasteiger charge is -2.42. The third kappa shape index (κ3) is 24.1. The number of halogens is 1. The van der Waals surface area contributed by atoms with Gasteiger partial charge in [0, 0.05) is 70.5 Å². The van der Waals surface area contributed by atoms with Gasteiger partial charge in [0.1, 0.15) is 47.2 Å².